The number of amides is 3. The molecule has 0 heterocycles. The highest BCUT2D eigenvalue weighted by molar-refractivity contribution is 5.94. The molecule has 34 heavy (non-hydrogen) atoms. The Kier molecular flexibility index (Phi) is 14.5. The Morgan fingerprint density at radius 1 is 0.882 bits per heavy atom. The number of nitrogens with zero attached hydrogens (tertiary/aromatic N) is 1. The minimum Gasteiger partial charge on any atom is -0.480 e. The Bertz CT molecular complexity index is 714. The summed E-state index contributed by atoms with van der Waals surface area (Å²) in [6, 6.07) is -4.46. The van der Waals surface area contributed by atoms with E-state index in [4.69, 9.17) is 22.3 Å². The van der Waals surface area contributed by atoms with Gasteiger partial charge in [-0.25, -0.2) is 4.79 Å². The molecule has 6 unspecified atom stereocenters. The molecule has 196 valence electrons. The fourth-order valence-corrected chi connectivity index (χ4v) is 2.96. The second kappa shape index (κ2) is 15.8. The van der Waals surface area contributed by atoms with Crippen LogP contribution in [0.15, 0.2) is 4.99 Å². The Balaban J connectivity index is 5.61. The molecule has 0 radical (unpaired) electrons. The Labute approximate surface area is 200 Å². The molecule has 0 fully saturated rings. The number of aliphatic imine (C=N–C) groups is 1. The van der Waals surface area contributed by atoms with Crippen LogP contribution in [0.2, 0.25) is 0 Å². The van der Waals surface area contributed by atoms with Crippen molar-refractivity contribution in [1.29, 1.82) is 0 Å². The van der Waals surface area contributed by atoms with E-state index in [0.29, 0.717) is 19.3 Å². The maximum Gasteiger partial charge on any atom is 0.328 e. The van der Waals surface area contributed by atoms with Crippen molar-refractivity contribution >= 4 is 29.7 Å². The minimum atomic E-state index is -1.54. The first kappa shape index (κ1) is 31.1. The van der Waals surface area contributed by atoms with Gasteiger partial charge in [-0.15, -0.1) is 0 Å². The number of carboxylic acid groups (broad SMARTS) is 1. The summed E-state index contributed by atoms with van der Waals surface area (Å²) in [6.07, 6.45) is 1.62. The summed E-state index contributed by atoms with van der Waals surface area (Å²) in [5, 5.41) is 25.8. The maximum atomic E-state index is 13.1. The first-order valence-electron chi connectivity index (χ1n) is 11.4. The zero-order valence-electron chi connectivity index (χ0n) is 20.4. The molecule has 0 bridgehead atoms. The third kappa shape index (κ3) is 10.8. The molecule has 0 saturated heterocycles. The lowest BCUT2D eigenvalue weighted by Gasteiger charge is -2.28. The van der Waals surface area contributed by atoms with Gasteiger partial charge in [-0.1, -0.05) is 40.5 Å². The lowest BCUT2D eigenvalue weighted by atomic mass is 9.95. The number of carbonyl (C=O) groups excluding carboxylic acids is 3. The van der Waals surface area contributed by atoms with Gasteiger partial charge in [0.15, 0.2) is 5.96 Å². The fourth-order valence-electron chi connectivity index (χ4n) is 2.96. The van der Waals surface area contributed by atoms with Crippen molar-refractivity contribution in [2.45, 2.75) is 77.5 Å². The molecule has 11 N–H and O–H groups in total. The first-order chi connectivity index (χ1) is 15.9. The van der Waals surface area contributed by atoms with E-state index in [0.717, 1.165) is 0 Å². The zero-order chi connectivity index (χ0) is 26.4. The number of hydrogen-bond donors (Lipinski definition) is 8. The van der Waals surface area contributed by atoms with Crippen LogP contribution in [0, 0.1) is 11.8 Å². The molecule has 0 spiro atoms. The molecule has 6 atom stereocenters. The van der Waals surface area contributed by atoms with Crippen molar-refractivity contribution in [3.63, 3.8) is 0 Å². The molecule has 0 aliphatic carbocycles. The van der Waals surface area contributed by atoms with Crippen LogP contribution in [0.1, 0.15) is 53.4 Å². The predicted octanol–water partition coefficient (Wildman–Crippen LogP) is -2.01. The van der Waals surface area contributed by atoms with Crippen LogP contribution < -0.4 is 33.2 Å². The molecular weight excluding hydrogens is 446 g/mol. The standard InChI is InChI=1S/C21H41N7O6/c1-5-11(3)15(22)18(31)28-16(12(4)6-2)19(32)26-13(8-7-9-25-21(23)24)17(30)27-14(10-29)20(33)34/h11-16,29H,5-10,22H2,1-4H3,(H,26,32)(H,27,30)(H,28,31)(H,33,34)(H4,23,24,25). The van der Waals surface area contributed by atoms with E-state index in [9.17, 15) is 24.3 Å². The Morgan fingerprint density at radius 2 is 1.44 bits per heavy atom. The van der Waals surface area contributed by atoms with E-state index in [-0.39, 0.29) is 30.8 Å². The van der Waals surface area contributed by atoms with Crippen molar-refractivity contribution in [3.8, 4) is 0 Å². The van der Waals surface area contributed by atoms with Crippen LogP contribution in [0.5, 0.6) is 0 Å². The van der Waals surface area contributed by atoms with Crippen LogP contribution >= 0.6 is 0 Å². The number of guanidine groups is 1. The molecular formula is C21H41N7O6. The van der Waals surface area contributed by atoms with Gasteiger partial charge in [0, 0.05) is 6.54 Å². The molecule has 0 saturated carbocycles. The molecule has 3 amide bonds. The zero-order valence-corrected chi connectivity index (χ0v) is 20.4. The van der Waals surface area contributed by atoms with E-state index in [2.05, 4.69) is 20.9 Å². The predicted molar refractivity (Wildman–Crippen MR) is 127 cm³/mol. The van der Waals surface area contributed by atoms with Gasteiger partial charge in [0.2, 0.25) is 17.7 Å². The summed E-state index contributed by atoms with van der Waals surface area (Å²) >= 11 is 0. The number of rotatable bonds is 16. The average Bonchev–Trinajstić information content (AvgIpc) is 2.80. The van der Waals surface area contributed by atoms with Crippen molar-refractivity contribution < 1.29 is 29.4 Å². The molecule has 0 rings (SSSR count). The number of carbonyl (C=O) groups is 4. The summed E-state index contributed by atoms with van der Waals surface area (Å²) in [5.74, 6) is -3.82. The van der Waals surface area contributed by atoms with Crippen molar-refractivity contribution in [2.75, 3.05) is 13.2 Å². The van der Waals surface area contributed by atoms with E-state index in [1.54, 1.807) is 6.92 Å². The highest BCUT2D eigenvalue weighted by Crippen LogP contribution is 2.12. The fraction of sp³-hybridized carbons (Fsp3) is 0.762. The van der Waals surface area contributed by atoms with E-state index >= 15 is 0 Å². The minimum absolute atomic E-state index is 0.0830. The second-order valence-electron chi connectivity index (χ2n) is 8.38. The summed E-state index contributed by atoms with van der Waals surface area (Å²) in [6.45, 7) is 6.72. The summed E-state index contributed by atoms with van der Waals surface area (Å²) in [4.78, 5) is 53.4. The summed E-state index contributed by atoms with van der Waals surface area (Å²) in [7, 11) is 0. The first-order valence-corrected chi connectivity index (χ1v) is 11.4. The van der Waals surface area contributed by atoms with Crippen molar-refractivity contribution in [3.05, 3.63) is 0 Å². The largest absolute Gasteiger partial charge is 0.480 e. The number of nitrogens with two attached hydrogens (primary N) is 3. The molecule has 13 nitrogen and oxygen atoms in total. The van der Waals surface area contributed by atoms with Crippen molar-refractivity contribution in [1.82, 2.24) is 16.0 Å². The number of aliphatic carboxylic acids is 1. The van der Waals surface area contributed by atoms with Gasteiger partial charge in [0.05, 0.1) is 12.6 Å². The van der Waals surface area contributed by atoms with Gasteiger partial charge >= 0.3 is 5.97 Å². The van der Waals surface area contributed by atoms with E-state index in [1.807, 2.05) is 20.8 Å². The van der Waals surface area contributed by atoms with Gasteiger partial charge in [-0.2, -0.15) is 0 Å². The van der Waals surface area contributed by atoms with E-state index in [1.165, 1.54) is 0 Å². The van der Waals surface area contributed by atoms with Gasteiger partial charge in [0.1, 0.15) is 18.1 Å². The SMILES string of the molecule is CCC(C)C(N)C(=O)NC(C(=O)NC(CCCN=C(N)N)C(=O)NC(CO)C(=O)O)C(C)CC. The number of carboxylic acids is 1. The highest BCUT2D eigenvalue weighted by Gasteiger charge is 2.32. The van der Waals surface area contributed by atoms with Crippen LogP contribution in [-0.2, 0) is 19.2 Å². The third-order valence-electron chi connectivity index (χ3n) is 5.73. The van der Waals surface area contributed by atoms with Gasteiger partial charge in [-0.3, -0.25) is 19.4 Å². The Hall–Kier alpha value is -2.93. The van der Waals surface area contributed by atoms with Crippen molar-refractivity contribution in [2.24, 2.45) is 34.0 Å². The van der Waals surface area contributed by atoms with Crippen LogP contribution in [0.4, 0.5) is 0 Å². The normalized spacial score (nSPS) is 16.2. The lowest BCUT2D eigenvalue weighted by molar-refractivity contribution is -0.143. The molecule has 0 aromatic rings. The number of aliphatic hydroxyl groups is 1. The smallest absolute Gasteiger partial charge is 0.328 e. The average molecular weight is 488 g/mol. The van der Waals surface area contributed by atoms with Crippen LogP contribution in [0.3, 0.4) is 0 Å². The highest BCUT2D eigenvalue weighted by atomic mass is 16.4. The van der Waals surface area contributed by atoms with E-state index < -0.39 is 54.5 Å². The number of aliphatic hydroxyl groups excluding tert-OH is 1. The van der Waals surface area contributed by atoms with Crippen LogP contribution in [-0.4, -0.2) is 77.2 Å². The van der Waals surface area contributed by atoms with Crippen LogP contribution in [0.25, 0.3) is 0 Å². The monoisotopic (exact) mass is 487 g/mol. The third-order valence-corrected chi connectivity index (χ3v) is 5.73. The number of nitrogens with one attached hydrogen (secondary N) is 3. The van der Waals surface area contributed by atoms with Gasteiger partial charge in [-0.05, 0) is 24.7 Å². The molecule has 0 aliphatic rings. The topological polar surface area (TPSA) is 235 Å². The van der Waals surface area contributed by atoms with Gasteiger partial charge in [0.25, 0.3) is 0 Å². The maximum absolute atomic E-state index is 13.1. The summed E-state index contributed by atoms with van der Waals surface area (Å²) < 4.78 is 0. The molecule has 0 aromatic heterocycles. The molecule has 0 aromatic carbocycles. The number of hydrogen-bond acceptors (Lipinski definition) is 7. The molecule has 0 aliphatic heterocycles. The van der Waals surface area contributed by atoms with Gasteiger partial charge < -0.3 is 43.4 Å². The Morgan fingerprint density at radius 3 is 1.91 bits per heavy atom. The second-order valence-corrected chi connectivity index (χ2v) is 8.38. The lowest BCUT2D eigenvalue weighted by Crippen LogP contribution is -2.59. The summed E-state index contributed by atoms with van der Waals surface area (Å²) in [5.41, 5.74) is 16.6. The quantitative estimate of drug-likeness (QED) is 0.0681. The molecule has 13 heteroatoms.